The molecule has 21 heavy (non-hydrogen) atoms. The van der Waals surface area contributed by atoms with Crippen molar-refractivity contribution in [3.8, 4) is 0 Å². The standard InChI is InChI=1S/C17H21NO3/c19-16(18-10-4-3-7-15(18)17(20)21)11-13-9-8-12-5-1-2-6-14(12)13/h1-2,5-6,13,15H,3-4,7-11H2,(H,20,21)/t13?,15-/m1/s1. The molecule has 4 nitrogen and oxygen atoms in total. The van der Waals surface area contributed by atoms with E-state index in [0.29, 0.717) is 19.4 Å². The molecule has 0 bridgehead atoms. The van der Waals surface area contributed by atoms with E-state index in [1.807, 2.05) is 12.1 Å². The Kier molecular flexibility index (Phi) is 3.95. The molecule has 1 aliphatic carbocycles. The second-order valence-corrected chi connectivity index (χ2v) is 6.08. The Balaban J connectivity index is 1.70. The first-order valence-electron chi connectivity index (χ1n) is 7.77. The zero-order valence-corrected chi connectivity index (χ0v) is 12.1. The molecule has 0 aromatic heterocycles. The summed E-state index contributed by atoms with van der Waals surface area (Å²) in [6, 6.07) is 7.66. The highest BCUT2D eigenvalue weighted by Gasteiger charge is 2.34. The van der Waals surface area contributed by atoms with Crippen molar-refractivity contribution in [2.75, 3.05) is 6.54 Å². The van der Waals surface area contributed by atoms with E-state index in [1.54, 1.807) is 4.90 Å². The summed E-state index contributed by atoms with van der Waals surface area (Å²) in [5.41, 5.74) is 2.61. The molecule has 2 atom stereocenters. The minimum Gasteiger partial charge on any atom is -0.480 e. The van der Waals surface area contributed by atoms with Crippen molar-refractivity contribution >= 4 is 11.9 Å². The topological polar surface area (TPSA) is 57.6 Å². The zero-order valence-electron chi connectivity index (χ0n) is 12.1. The predicted octanol–water partition coefficient (Wildman–Crippen LogP) is 2.57. The summed E-state index contributed by atoms with van der Waals surface area (Å²) in [4.78, 5) is 25.4. The van der Waals surface area contributed by atoms with Gasteiger partial charge in [0.1, 0.15) is 6.04 Å². The van der Waals surface area contributed by atoms with Crippen LogP contribution in [0.15, 0.2) is 24.3 Å². The van der Waals surface area contributed by atoms with Gasteiger partial charge in [-0.1, -0.05) is 24.3 Å². The molecule has 1 aromatic carbocycles. The van der Waals surface area contributed by atoms with Crippen molar-refractivity contribution in [2.24, 2.45) is 0 Å². The molecule has 3 rings (SSSR count). The third kappa shape index (κ3) is 2.80. The first kappa shape index (κ1) is 14.1. The molecule has 0 radical (unpaired) electrons. The maximum absolute atomic E-state index is 12.5. The Labute approximate surface area is 124 Å². The van der Waals surface area contributed by atoms with Crippen LogP contribution < -0.4 is 0 Å². The van der Waals surface area contributed by atoms with Gasteiger partial charge in [-0.3, -0.25) is 4.79 Å². The van der Waals surface area contributed by atoms with E-state index in [9.17, 15) is 14.7 Å². The summed E-state index contributed by atoms with van der Waals surface area (Å²) in [6.45, 7) is 0.587. The molecular formula is C17H21NO3. The van der Waals surface area contributed by atoms with Gasteiger partial charge < -0.3 is 10.0 Å². The Morgan fingerprint density at radius 2 is 2.00 bits per heavy atom. The normalized spacial score (nSPS) is 24.7. The van der Waals surface area contributed by atoms with Gasteiger partial charge in [0.15, 0.2) is 0 Å². The number of benzene rings is 1. The third-order valence-corrected chi connectivity index (χ3v) is 4.79. The summed E-state index contributed by atoms with van der Waals surface area (Å²) in [5, 5.41) is 9.28. The number of carboxylic acid groups (broad SMARTS) is 1. The second-order valence-electron chi connectivity index (χ2n) is 6.08. The van der Waals surface area contributed by atoms with Gasteiger partial charge in [-0.25, -0.2) is 4.79 Å². The molecule has 1 fully saturated rings. The first-order chi connectivity index (χ1) is 10.2. The van der Waals surface area contributed by atoms with Gasteiger partial charge in [0.05, 0.1) is 0 Å². The van der Waals surface area contributed by atoms with E-state index < -0.39 is 12.0 Å². The number of carboxylic acids is 1. The lowest BCUT2D eigenvalue weighted by Gasteiger charge is -2.33. The number of carbonyl (C=O) groups is 2. The average Bonchev–Trinajstić information content (AvgIpc) is 2.90. The van der Waals surface area contributed by atoms with E-state index in [1.165, 1.54) is 11.1 Å². The van der Waals surface area contributed by atoms with Crippen molar-refractivity contribution in [1.29, 1.82) is 0 Å². The largest absolute Gasteiger partial charge is 0.480 e. The van der Waals surface area contributed by atoms with Gasteiger partial charge in [0.2, 0.25) is 5.91 Å². The van der Waals surface area contributed by atoms with Crippen molar-refractivity contribution in [1.82, 2.24) is 4.90 Å². The van der Waals surface area contributed by atoms with Crippen LogP contribution in [0.25, 0.3) is 0 Å². The van der Waals surface area contributed by atoms with Crippen molar-refractivity contribution in [3.63, 3.8) is 0 Å². The third-order valence-electron chi connectivity index (χ3n) is 4.79. The summed E-state index contributed by atoms with van der Waals surface area (Å²) in [7, 11) is 0. The van der Waals surface area contributed by atoms with E-state index in [0.717, 1.165) is 25.7 Å². The van der Waals surface area contributed by atoms with E-state index in [2.05, 4.69) is 12.1 Å². The van der Waals surface area contributed by atoms with E-state index in [-0.39, 0.29) is 11.8 Å². The van der Waals surface area contributed by atoms with E-state index in [4.69, 9.17) is 0 Å². The Bertz CT molecular complexity index is 555. The number of rotatable bonds is 3. The number of piperidine rings is 1. The van der Waals surface area contributed by atoms with Gasteiger partial charge in [0, 0.05) is 13.0 Å². The van der Waals surface area contributed by atoms with Gasteiger partial charge in [0.25, 0.3) is 0 Å². The summed E-state index contributed by atoms with van der Waals surface area (Å²) < 4.78 is 0. The van der Waals surface area contributed by atoms with Crippen molar-refractivity contribution < 1.29 is 14.7 Å². The molecule has 1 aromatic rings. The van der Waals surface area contributed by atoms with Crippen LogP contribution in [0.3, 0.4) is 0 Å². The summed E-state index contributed by atoms with van der Waals surface area (Å²) in [6.07, 6.45) is 4.86. The number of likely N-dealkylation sites (tertiary alicyclic amines) is 1. The predicted molar refractivity (Wildman–Crippen MR) is 79.1 cm³/mol. The van der Waals surface area contributed by atoms with Gasteiger partial charge in [-0.05, 0) is 49.1 Å². The highest BCUT2D eigenvalue weighted by Crippen LogP contribution is 2.36. The molecule has 0 spiro atoms. The lowest BCUT2D eigenvalue weighted by molar-refractivity contribution is -0.152. The quantitative estimate of drug-likeness (QED) is 0.929. The van der Waals surface area contributed by atoms with E-state index >= 15 is 0 Å². The fourth-order valence-electron chi connectivity index (χ4n) is 3.67. The molecule has 1 amide bonds. The summed E-state index contributed by atoms with van der Waals surface area (Å²) in [5.74, 6) is -0.608. The Hall–Kier alpha value is -1.84. The molecule has 1 unspecified atom stereocenters. The Morgan fingerprint density at radius 3 is 2.81 bits per heavy atom. The monoisotopic (exact) mass is 287 g/mol. The first-order valence-corrected chi connectivity index (χ1v) is 7.77. The smallest absolute Gasteiger partial charge is 0.326 e. The van der Waals surface area contributed by atoms with Crippen LogP contribution >= 0.6 is 0 Å². The maximum atomic E-state index is 12.5. The highest BCUT2D eigenvalue weighted by molar-refractivity contribution is 5.84. The van der Waals surface area contributed by atoms with Gasteiger partial charge in [-0.15, -0.1) is 0 Å². The molecule has 112 valence electrons. The number of nitrogens with zero attached hydrogens (tertiary/aromatic N) is 1. The minimum absolute atomic E-state index is 0.00352. The molecular weight excluding hydrogens is 266 g/mol. The zero-order chi connectivity index (χ0) is 14.8. The SMILES string of the molecule is O=C(O)[C@H]1CCCCN1C(=O)CC1CCc2ccccc21. The molecule has 4 heteroatoms. The van der Waals surface area contributed by atoms with Gasteiger partial charge in [-0.2, -0.15) is 0 Å². The van der Waals surface area contributed by atoms with Crippen molar-refractivity contribution in [3.05, 3.63) is 35.4 Å². The van der Waals surface area contributed by atoms with Crippen LogP contribution in [0, 0.1) is 0 Å². The van der Waals surface area contributed by atoms with Crippen LogP contribution in [0.1, 0.15) is 49.1 Å². The van der Waals surface area contributed by atoms with Crippen molar-refractivity contribution in [2.45, 2.75) is 50.5 Å². The van der Waals surface area contributed by atoms with Crippen LogP contribution in [-0.2, 0) is 16.0 Å². The number of aryl methyl sites for hydroxylation is 1. The number of carbonyl (C=O) groups excluding carboxylic acids is 1. The summed E-state index contributed by atoms with van der Waals surface area (Å²) >= 11 is 0. The average molecular weight is 287 g/mol. The fourth-order valence-corrected chi connectivity index (χ4v) is 3.67. The van der Waals surface area contributed by atoms with Crippen LogP contribution in [-0.4, -0.2) is 34.5 Å². The second kappa shape index (κ2) is 5.88. The van der Waals surface area contributed by atoms with Crippen LogP contribution in [0.4, 0.5) is 0 Å². The number of hydrogen-bond donors (Lipinski definition) is 1. The lowest BCUT2D eigenvalue weighted by Crippen LogP contribution is -2.48. The Morgan fingerprint density at radius 1 is 1.19 bits per heavy atom. The number of amides is 1. The maximum Gasteiger partial charge on any atom is 0.326 e. The fraction of sp³-hybridized carbons (Fsp3) is 0.529. The highest BCUT2D eigenvalue weighted by atomic mass is 16.4. The lowest BCUT2D eigenvalue weighted by atomic mass is 9.95. The van der Waals surface area contributed by atoms with Crippen LogP contribution in [0.5, 0.6) is 0 Å². The van der Waals surface area contributed by atoms with Crippen LogP contribution in [0.2, 0.25) is 0 Å². The minimum atomic E-state index is -0.866. The molecule has 1 saturated heterocycles. The molecule has 2 aliphatic rings. The number of hydrogen-bond acceptors (Lipinski definition) is 2. The number of fused-ring (bicyclic) bond motifs is 1. The molecule has 0 saturated carbocycles. The molecule has 1 N–H and O–H groups in total. The molecule has 1 heterocycles. The molecule has 1 aliphatic heterocycles. The van der Waals surface area contributed by atoms with Gasteiger partial charge >= 0.3 is 5.97 Å². The number of aliphatic carboxylic acids is 1.